The highest BCUT2D eigenvalue weighted by Crippen LogP contribution is 2.21. The van der Waals surface area contributed by atoms with E-state index in [1.165, 1.54) is 5.56 Å². The predicted molar refractivity (Wildman–Crippen MR) is 89.5 cm³/mol. The van der Waals surface area contributed by atoms with E-state index in [1.54, 1.807) is 13.2 Å². The Morgan fingerprint density at radius 1 is 1.10 bits per heavy atom. The van der Waals surface area contributed by atoms with Crippen molar-refractivity contribution in [3.8, 4) is 5.75 Å². The standard InChI is InChI=1S/C17H19Cl2NO/c1-12(9-13-5-3-4-6-17(13)21-2)20-11-14-10-15(18)7-8-16(14)19/h3-8,10,12,20H,9,11H2,1-2H3. The summed E-state index contributed by atoms with van der Waals surface area (Å²) < 4.78 is 5.38. The lowest BCUT2D eigenvalue weighted by molar-refractivity contribution is 0.406. The fraction of sp³-hybridized carbons (Fsp3) is 0.294. The molecule has 4 heteroatoms. The molecule has 0 fully saturated rings. The van der Waals surface area contributed by atoms with Crippen molar-refractivity contribution >= 4 is 23.2 Å². The van der Waals surface area contributed by atoms with Crippen LogP contribution in [0.15, 0.2) is 42.5 Å². The van der Waals surface area contributed by atoms with Gasteiger partial charge in [-0.25, -0.2) is 0 Å². The van der Waals surface area contributed by atoms with Gasteiger partial charge < -0.3 is 10.1 Å². The molecule has 0 aliphatic carbocycles. The van der Waals surface area contributed by atoms with E-state index in [2.05, 4.69) is 18.3 Å². The minimum Gasteiger partial charge on any atom is -0.496 e. The van der Waals surface area contributed by atoms with Crippen molar-refractivity contribution in [1.82, 2.24) is 5.32 Å². The molecular formula is C17H19Cl2NO. The average Bonchev–Trinajstić information content (AvgIpc) is 2.49. The quantitative estimate of drug-likeness (QED) is 0.830. The summed E-state index contributed by atoms with van der Waals surface area (Å²) in [7, 11) is 1.70. The van der Waals surface area contributed by atoms with Gasteiger partial charge in [-0.3, -0.25) is 0 Å². The van der Waals surface area contributed by atoms with Crippen molar-refractivity contribution in [2.75, 3.05) is 7.11 Å². The van der Waals surface area contributed by atoms with E-state index in [4.69, 9.17) is 27.9 Å². The Morgan fingerprint density at radius 2 is 1.86 bits per heavy atom. The van der Waals surface area contributed by atoms with Gasteiger partial charge >= 0.3 is 0 Å². The number of rotatable bonds is 6. The molecule has 0 aliphatic rings. The van der Waals surface area contributed by atoms with Crippen LogP contribution in [0.4, 0.5) is 0 Å². The van der Waals surface area contributed by atoms with Crippen molar-refractivity contribution in [2.24, 2.45) is 0 Å². The van der Waals surface area contributed by atoms with Gasteiger partial charge in [-0.15, -0.1) is 0 Å². The lowest BCUT2D eigenvalue weighted by atomic mass is 10.1. The van der Waals surface area contributed by atoms with Gasteiger partial charge in [-0.2, -0.15) is 0 Å². The van der Waals surface area contributed by atoms with Gasteiger partial charge in [-0.05, 0) is 48.7 Å². The highest BCUT2D eigenvalue weighted by atomic mass is 35.5. The molecule has 0 aromatic heterocycles. The van der Waals surface area contributed by atoms with E-state index in [-0.39, 0.29) is 0 Å². The summed E-state index contributed by atoms with van der Waals surface area (Å²) in [6.45, 7) is 2.83. The molecule has 1 atom stereocenters. The Hall–Kier alpha value is -1.22. The molecule has 0 spiro atoms. The van der Waals surface area contributed by atoms with Gasteiger partial charge in [0, 0.05) is 22.6 Å². The number of ether oxygens (including phenoxy) is 1. The maximum absolute atomic E-state index is 6.17. The number of hydrogen-bond acceptors (Lipinski definition) is 2. The topological polar surface area (TPSA) is 21.3 Å². The van der Waals surface area contributed by atoms with Crippen LogP contribution in [0.25, 0.3) is 0 Å². The molecule has 0 saturated carbocycles. The first kappa shape index (κ1) is 16.2. The van der Waals surface area contributed by atoms with Crippen molar-refractivity contribution < 1.29 is 4.74 Å². The fourth-order valence-electron chi connectivity index (χ4n) is 2.24. The lowest BCUT2D eigenvalue weighted by Gasteiger charge is -2.16. The molecule has 0 saturated heterocycles. The molecule has 112 valence electrons. The first-order valence-corrected chi connectivity index (χ1v) is 7.65. The zero-order valence-corrected chi connectivity index (χ0v) is 13.7. The van der Waals surface area contributed by atoms with Crippen molar-refractivity contribution in [1.29, 1.82) is 0 Å². The molecule has 2 aromatic carbocycles. The number of halogens is 2. The summed E-state index contributed by atoms with van der Waals surface area (Å²) in [5.41, 5.74) is 2.20. The minimum absolute atomic E-state index is 0.302. The zero-order chi connectivity index (χ0) is 15.2. The second-order valence-electron chi connectivity index (χ2n) is 5.03. The molecule has 21 heavy (non-hydrogen) atoms. The molecule has 2 aromatic rings. The van der Waals surface area contributed by atoms with Gasteiger partial charge in [-0.1, -0.05) is 41.4 Å². The van der Waals surface area contributed by atoms with Crippen molar-refractivity contribution in [3.05, 3.63) is 63.6 Å². The maximum atomic E-state index is 6.17. The number of hydrogen-bond donors (Lipinski definition) is 1. The largest absolute Gasteiger partial charge is 0.496 e. The third-order valence-electron chi connectivity index (χ3n) is 3.37. The number of nitrogens with one attached hydrogen (secondary N) is 1. The van der Waals surface area contributed by atoms with Gasteiger partial charge in [0.15, 0.2) is 0 Å². The fourth-order valence-corrected chi connectivity index (χ4v) is 2.62. The summed E-state index contributed by atoms with van der Waals surface area (Å²) in [4.78, 5) is 0. The summed E-state index contributed by atoms with van der Waals surface area (Å²) in [5.74, 6) is 0.923. The van der Waals surface area contributed by atoms with Crippen LogP contribution in [0.1, 0.15) is 18.1 Å². The Kier molecular flexibility index (Phi) is 5.92. The van der Waals surface area contributed by atoms with E-state index in [0.717, 1.165) is 22.8 Å². The second kappa shape index (κ2) is 7.69. The van der Waals surface area contributed by atoms with Crippen LogP contribution in [0, 0.1) is 0 Å². The third kappa shape index (κ3) is 4.63. The van der Waals surface area contributed by atoms with Gasteiger partial charge in [0.25, 0.3) is 0 Å². The number of para-hydroxylation sites is 1. The van der Waals surface area contributed by atoms with Gasteiger partial charge in [0.05, 0.1) is 7.11 Å². The molecule has 0 amide bonds. The van der Waals surface area contributed by atoms with E-state index >= 15 is 0 Å². The molecule has 0 heterocycles. The van der Waals surface area contributed by atoms with Crippen LogP contribution in [0.2, 0.25) is 10.0 Å². The SMILES string of the molecule is COc1ccccc1CC(C)NCc1cc(Cl)ccc1Cl. The van der Waals surface area contributed by atoms with Crippen molar-refractivity contribution in [2.45, 2.75) is 25.9 Å². The molecule has 0 aliphatic heterocycles. The molecule has 1 unspecified atom stereocenters. The second-order valence-corrected chi connectivity index (χ2v) is 5.88. The summed E-state index contributed by atoms with van der Waals surface area (Å²) >= 11 is 12.2. The third-order valence-corrected chi connectivity index (χ3v) is 3.97. The Labute approximate surface area is 136 Å². The highest BCUT2D eigenvalue weighted by Gasteiger charge is 2.09. The van der Waals surface area contributed by atoms with Crippen LogP contribution in [0.3, 0.4) is 0 Å². The van der Waals surface area contributed by atoms with Crippen LogP contribution in [0.5, 0.6) is 5.75 Å². The smallest absolute Gasteiger partial charge is 0.122 e. The Morgan fingerprint density at radius 3 is 2.62 bits per heavy atom. The maximum Gasteiger partial charge on any atom is 0.122 e. The van der Waals surface area contributed by atoms with Crippen LogP contribution in [-0.2, 0) is 13.0 Å². The number of benzene rings is 2. The molecule has 2 nitrogen and oxygen atoms in total. The van der Waals surface area contributed by atoms with Crippen LogP contribution >= 0.6 is 23.2 Å². The summed E-state index contributed by atoms with van der Waals surface area (Å²) in [6.07, 6.45) is 0.891. The summed E-state index contributed by atoms with van der Waals surface area (Å²) in [6, 6.07) is 13.9. The zero-order valence-electron chi connectivity index (χ0n) is 12.2. The molecule has 1 N–H and O–H groups in total. The molecule has 0 radical (unpaired) electrons. The van der Waals surface area contributed by atoms with E-state index in [9.17, 15) is 0 Å². The Balaban J connectivity index is 1.96. The molecule has 0 bridgehead atoms. The van der Waals surface area contributed by atoms with Crippen LogP contribution < -0.4 is 10.1 Å². The van der Waals surface area contributed by atoms with Crippen LogP contribution in [-0.4, -0.2) is 13.2 Å². The lowest BCUT2D eigenvalue weighted by Crippen LogP contribution is -2.27. The summed E-state index contributed by atoms with van der Waals surface area (Å²) in [5, 5.41) is 4.90. The normalized spacial score (nSPS) is 12.2. The first-order valence-electron chi connectivity index (χ1n) is 6.89. The highest BCUT2D eigenvalue weighted by molar-refractivity contribution is 6.33. The van der Waals surface area contributed by atoms with E-state index in [1.807, 2.05) is 30.3 Å². The average molecular weight is 324 g/mol. The van der Waals surface area contributed by atoms with Gasteiger partial charge in [0.1, 0.15) is 5.75 Å². The van der Waals surface area contributed by atoms with E-state index < -0.39 is 0 Å². The Bertz CT molecular complexity index is 601. The predicted octanol–water partition coefficient (Wildman–Crippen LogP) is 4.72. The van der Waals surface area contributed by atoms with Crippen molar-refractivity contribution in [3.63, 3.8) is 0 Å². The molecular weight excluding hydrogens is 305 g/mol. The van der Waals surface area contributed by atoms with E-state index in [0.29, 0.717) is 17.6 Å². The first-order chi connectivity index (χ1) is 10.1. The van der Waals surface area contributed by atoms with Gasteiger partial charge in [0.2, 0.25) is 0 Å². The number of methoxy groups -OCH3 is 1. The monoisotopic (exact) mass is 323 g/mol. The minimum atomic E-state index is 0.302. The molecule has 2 rings (SSSR count).